The van der Waals surface area contributed by atoms with Crippen LogP contribution >= 0.6 is 0 Å². The van der Waals surface area contributed by atoms with Crippen molar-refractivity contribution in [3.05, 3.63) is 71.3 Å². The zero-order valence-electron chi connectivity index (χ0n) is 23.5. The number of hydrogen-bond donors (Lipinski definition) is 3. The van der Waals surface area contributed by atoms with E-state index in [0.717, 1.165) is 50.6 Å². The third kappa shape index (κ3) is 8.15. The molecule has 3 amide bonds. The van der Waals surface area contributed by atoms with Crippen LogP contribution in [0, 0.1) is 5.92 Å². The van der Waals surface area contributed by atoms with E-state index < -0.39 is 12.1 Å². The van der Waals surface area contributed by atoms with Crippen molar-refractivity contribution in [1.82, 2.24) is 20.9 Å². The second kappa shape index (κ2) is 14.3. The Bertz CT molecular complexity index is 1100. The third-order valence-electron chi connectivity index (χ3n) is 7.81. The Morgan fingerprint density at radius 1 is 0.821 bits per heavy atom. The number of benzene rings is 2. The molecule has 7 nitrogen and oxygen atoms in total. The minimum Gasteiger partial charge on any atom is -0.354 e. The van der Waals surface area contributed by atoms with E-state index in [1.54, 1.807) is 4.90 Å². The number of nitrogens with one attached hydrogen (secondary N) is 3. The van der Waals surface area contributed by atoms with Crippen LogP contribution in [0.25, 0.3) is 0 Å². The van der Waals surface area contributed by atoms with Crippen molar-refractivity contribution < 1.29 is 14.4 Å². The first-order valence-electron chi connectivity index (χ1n) is 14.6. The van der Waals surface area contributed by atoms with Crippen molar-refractivity contribution in [3.8, 4) is 0 Å². The molecule has 2 aromatic carbocycles. The average molecular weight is 533 g/mol. The van der Waals surface area contributed by atoms with Crippen LogP contribution in [-0.4, -0.2) is 60.4 Å². The van der Waals surface area contributed by atoms with E-state index >= 15 is 0 Å². The van der Waals surface area contributed by atoms with Gasteiger partial charge in [-0.25, -0.2) is 0 Å². The normalized spacial score (nSPS) is 23.8. The number of rotatable bonds is 4. The first-order chi connectivity index (χ1) is 18.9. The van der Waals surface area contributed by atoms with Crippen molar-refractivity contribution in [1.29, 1.82) is 0 Å². The van der Waals surface area contributed by atoms with Crippen molar-refractivity contribution in [2.45, 2.75) is 83.3 Å². The predicted octanol–water partition coefficient (Wildman–Crippen LogP) is 3.40. The van der Waals surface area contributed by atoms with Gasteiger partial charge >= 0.3 is 0 Å². The van der Waals surface area contributed by atoms with E-state index in [0.29, 0.717) is 31.8 Å². The van der Waals surface area contributed by atoms with Gasteiger partial charge in [-0.2, -0.15) is 0 Å². The van der Waals surface area contributed by atoms with Crippen LogP contribution < -0.4 is 16.0 Å². The van der Waals surface area contributed by atoms with Crippen LogP contribution in [-0.2, 0) is 33.6 Å². The molecule has 2 heterocycles. The van der Waals surface area contributed by atoms with Crippen LogP contribution in [0.15, 0.2) is 54.6 Å². The van der Waals surface area contributed by atoms with Crippen LogP contribution in [0.5, 0.6) is 0 Å². The molecule has 0 unspecified atom stereocenters. The molecule has 3 N–H and O–H groups in total. The second-order valence-electron chi connectivity index (χ2n) is 11.3. The Morgan fingerprint density at radius 3 is 2.18 bits per heavy atom. The minimum atomic E-state index is -0.701. The fourth-order valence-electron chi connectivity index (χ4n) is 5.79. The number of carbonyl (C=O) groups excluding carboxylic acids is 3. The molecule has 3 atom stereocenters. The van der Waals surface area contributed by atoms with Gasteiger partial charge in [0.1, 0.15) is 12.1 Å². The van der Waals surface area contributed by atoms with Crippen molar-refractivity contribution in [2.75, 3.05) is 19.6 Å². The Balaban J connectivity index is 1.57. The number of carbonyl (C=O) groups is 3. The lowest BCUT2D eigenvalue weighted by Crippen LogP contribution is -2.56. The van der Waals surface area contributed by atoms with Crippen molar-refractivity contribution in [2.24, 2.45) is 5.92 Å². The number of fused-ring (bicyclic) bond motifs is 2. The van der Waals surface area contributed by atoms with Gasteiger partial charge in [0.25, 0.3) is 0 Å². The highest BCUT2D eigenvalue weighted by molar-refractivity contribution is 5.93. The molecule has 0 spiro atoms. The van der Waals surface area contributed by atoms with Crippen LogP contribution in [0.1, 0.15) is 62.6 Å². The fraction of sp³-hybridized carbons (Fsp3) is 0.531. The second-order valence-corrected chi connectivity index (χ2v) is 11.3. The molecule has 1 saturated heterocycles. The zero-order valence-corrected chi connectivity index (χ0v) is 23.5. The Morgan fingerprint density at radius 2 is 1.49 bits per heavy atom. The molecule has 7 heteroatoms. The van der Waals surface area contributed by atoms with Crippen molar-refractivity contribution >= 4 is 17.7 Å². The van der Waals surface area contributed by atoms with E-state index in [-0.39, 0.29) is 23.8 Å². The molecule has 2 aliphatic rings. The van der Waals surface area contributed by atoms with Crippen LogP contribution in [0.4, 0.5) is 0 Å². The smallest absolute Gasteiger partial charge is 0.243 e. The summed E-state index contributed by atoms with van der Waals surface area (Å²) in [5.41, 5.74) is 3.61. The number of amides is 3. The summed E-state index contributed by atoms with van der Waals surface area (Å²) in [4.78, 5) is 42.3. The van der Waals surface area contributed by atoms with Gasteiger partial charge < -0.3 is 20.9 Å². The maximum absolute atomic E-state index is 13.7. The molecule has 210 valence electrons. The standard InChI is InChI=1S/C32H44N4O3/c1-23(2)21-28-32(39)36-20-10-17-29(36)31(38)35-27(22-24-11-4-3-5-12-24)30(37)34-19-9-16-26-14-7-6-13-25(26)15-8-18-33-28/h3-7,11-14,23,27-29,33H,8-10,15-22H2,1-2H3,(H,34,37)(H,35,38)/t27-,28-,29+/m0/s1. The van der Waals surface area contributed by atoms with Gasteiger partial charge in [-0.3, -0.25) is 14.4 Å². The van der Waals surface area contributed by atoms with Gasteiger partial charge in [-0.05, 0) is 74.1 Å². The molecule has 4 rings (SSSR count). The van der Waals surface area contributed by atoms with E-state index in [1.165, 1.54) is 11.1 Å². The maximum Gasteiger partial charge on any atom is 0.243 e. The summed E-state index contributed by atoms with van der Waals surface area (Å²) >= 11 is 0. The summed E-state index contributed by atoms with van der Waals surface area (Å²) in [6.45, 7) is 6.10. The van der Waals surface area contributed by atoms with Gasteiger partial charge in [0, 0.05) is 19.5 Å². The molecule has 39 heavy (non-hydrogen) atoms. The molecule has 0 aromatic heterocycles. The van der Waals surface area contributed by atoms with E-state index in [4.69, 9.17) is 0 Å². The molecular formula is C32H44N4O3. The molecule has 2 aromatic rings. The summed E-state index contributed by atoms with van der Waals surface area (Å²) in [5, 5.41) is 9.60. The monoisotopic (exact) mass is 532 g/mol. The summed E-state index contributed by atoms with van der Waals surface area (Å²) in [6, 6.07) is 16.7. The van der Waals surface area contributed by atoms with E-state index in [1.807, 2.05) is 30.3 Å². The largest absolute Gasteiger partial charge is 0.354 e. The summed E-state index contributed by atoms with van der Waals surface area (Å²) in [6.07, 6.45) is 6.10. The molecule has 1 fully saturated rings. The molecular weight excluding hydrogens is 488 g/mol. The lowest BCUT2D eigenvalue weighted by Gasteiger charge is -2.30. The molecule has 0 radical (unpaired) electrons. The topological polar surface area (TPSA) is 90.5 Å². The summed E-state index contributed by atoms with van der Waals surface area (Å²) in [5.74, 6) is -0.0853. The SMILES string of the molecule is CC(C)C[C@@H]1NCCCc2ccccc2CCCNC(=O)[C@H](Cc2ccccc2)NC(=O)[C@H]2CCCN2C1=O. The van der Waals surface area contributed by atoms with Gasteiger partial charge in [0.2, 0.25) is 17.7 Å². The quantitative estimate of drug-likeness (QED) is 0.563. The third-order valence-corrected chi connectivity index (χ3v) is 7.81. The number of nitrogens with zero attached hydrogens (tertiary/aromatic N) is 1. The highest BCUT2D eigenvalue weighted by atomic mass is 16.2. The maximum atomic E-state index is 13.7. The van der Waals surface area contributed by atoms with E-state index in [9.17, 15) is 14.4 Å². The predicted molar refractivity (Wildman–Crippen MR) is 154 cm³/mol. The minimum absolute atomic E-state index is 0.00747. The summed E-state index contributed by atoms with van der Waals surface area (Å²) in [7, 11) is 0. The average Bonchev–Trinajstić information content (AvgIpc) is 3.43. The molecule has 0 bridgehead atoms. The summed E-state index contributed by atoms with van der Waals surface area (Å²) < 4.78 is 0. The van der Waals surface area contributed by atoms with Crippen LogP contribution in [0.2, 0.25) is 0 Å². The van der Waals surface area contributed by atoms with Gasteiger partial charge in [0.15, 0.2) is 0 Å². The Kier molecular flexibility index (Phi) is 10.5. The highest BCUT2D eigenvalue weighted by Crippen LogP contribution is 2.21. The molecule has 0 saturated carbocycles. The first-order valence-corrected chi connectivity index (χ1v) is 14.6. The van der Waals surface area contributed by atoms with Gasteiger partial charge in [-0.15, -0.1) is 0 Å². The Labute approximate surface area is 233 Å². The molecule has 2 aliphatic heterocycles. The lowest BCUT2D eigenvalue weighted by molar-refractivity contribution is -0.141. The highest BCUT2D eigenvalue weighted by Gasteiger charge is 2.38. The zero-order chi connectivity index (χ0) is 27.6. The molecule has 0 aliphatic carbocycles. The fourth-order valence-corrected chi connectivity index (χ4v) is 5.79. The Hall–Kier alpha value is -3.19. The van der Waals surface area contributed by atoms with Gasteiger partial charge in [-0.1, -0.05) is 68.4 Å². The number of aryl methyl sites for hydroxylation is 2. The lowest BCUT2D eigenvalue weighted by atomic mass is 9.98. The van der Waals surface area contributed by atoms with E-state index in [2.05, 4.69) is 54.1 Å². The van der Waals surface area contributed by atoms with Crippen molar-refractivity contribution in [3.63, 3.8) is 0 Å². The first kappa shape index (κ1) is 28.8. The number of hydrogen-bond acceptors (Lipinski definition) is 4. The van der Waals surface area contributed by atoms with Gasteiger partial charge in [0.05, 0.1) is 6.04 Å². The van der Waals surface area contributed by atoms with Crippen LogP contribution in [0.3, 0.4) is 0 Å².